The number of rotatable bonds is 14. The maximum absolute atomic E-state index is 11.7. The molecule has 0 aromatic rings. The van der Waals surface area contributed by atoms with Crippen LogP contribution in [0.3, 0.4) is 0 Å². The second-order valence-corrected chi connectivity index (χ2v) is 6.07. The van der Waals surface area contributed by atoms with Gasteiger partial charge in [0.25, 0.3) is 0 Å². The topological polar surface area (TPSA) is 127 Å². The van der Waals surface area contributed by atoms with Gasteiger partial charge in [-0.25, -0.2) is 0 Å². The number of hydrogen-bond acceptors (Lipinski definition) is 8. The van der Waals surface area contributed by atoms with Crippen molar-refractivity contribution in [3.05, 3.63) is 0 Å². The van der Waals surface area contributed by atoms with Crippen molar-refractivity contribution in [3.8, 4) is 0 Å². The Morgan fingerprint density at radius 1 is 1.15 bits per heavy atom. The van der Waals surface area contributed by atoms with E-state index < -0.39 is 24.6 Å². The standard InChI is InChI=1S/C17H33NO8/c1-2-23-9-10-24-8-6-18-15(21)5-3-4-7-25-16-11-13(20)17(22)14(12-19)26-16/h13-14,16-17,19-20,22H,2-12H2,1H3,(H,18,21)/t13-,14-,16-,17-/m1/s1. The molecule has 0 aromatic carbocycles. The highest BCUT2D eigenvalue weighted by Crippen LogP contribution is 2.21. The Kier molecular flexibility index (Phi) is 12.8. The van der Waals surface area contributed by atoms with Crippen molar-refractivity contribution in [1.29, 1.82) is 0 Å². The summed E-state index contributed by atoms with van der Waals surface area (Å²) >= 11 is 0. The molecule has 0 spiro atoms. The predicted octanol–water partition coefficient (Wildman–Crippen LogP) is -0.828. The SMILES string of the molecule is CCOCCOCCNC(=O)CCCCO[C@H]1C[C@@H](O)[C@@H](O)[C@@H](CO)O1. The minimum atomic E-state index is -1.10. The van der Waals surface area contributed by atoms with E-state index in [0.29, 0.717) is 58.8 Å². The molecule has 154 valence electrons. The van der Waals surface area contributed by atoms with Gasteiger partial charge in [0, 0.05) is 32.6 Å². The van der Waals surface area contributed by atoms with Crippen molar-refractivity contribution in [2.45, 2.75) is 57.2 Å². The van der Waals surface area contributed by atoms with E-state index in [1.165, 1.54) is 0 Å². The molecule has 1 aliphatic rings. The summed E-state index contributed by atoms with van der Waals surface area (Å²) in [4.78, 5) is 11.7. The minimum Gasteiger partial charge on any atom is -0.394 e. The third-order valence-electron chi connectivity index (χ3n) is 3.96. The predicted molar refractivity (Wildman–Crippen MR) is 92.5 cm³/mol. The molecule has 1 heterocycles. The van der Waals surface area contributed by atoms with Crippen LogP contribution in [0.15, 0.2) is 0 Å². The molecule has 0 radical (unpaired) electrons. The van der Waals surface area contributed by atoms with E-state index in [-0.39, 0.29) is 18.9 Å². The van der Waals surface area contributed by atoms with Crippen LogP contribution in [0.4, 0.5) is 0 Å². The first kappa shape index (κ1) is 23.2. The number of aliphatic hydroxyl groups excluding tert-OH is 3. The molecule has 0 aromatic heterocycles. The van der Waals surface area contributed by atoms with Gasteiger partial charge in [0.15, 0.2) is 6.29 Å². The molecule has 1 rings (SSSR count). The van der Waals surface area contributed by atoms with Gasteiger partial charge in [0.1, 0.15) is 12.2 Å². The number of ether oxygens (including phenoxy) is 4. The molecule has 0 bridgehead atoms. The van der Waals surface area contributed by atoms with E-state index in [9.17, 15) is 15.0 Å². The zero-order valence-corrected chi connectivity index (χ0v) is 15.5. The third kappa shape index (κ3) is 9.77. The van der Waals surface area contributed by atoms with Crippen LogP contribution in [0.2, 0.25) is 0 Å². The van der Waals surface area contributed by atoms with E-state index in [1.54, 1.807) is 0 Å². The van der Waals surface area contributed by atoms with E-state index in [1.807, 2.05) is 6.92 Å². The van der Waals surface area contributed by atoms with Gasteiger partial charge in [-0.1, -0.05) is 0 Å². The summed E-state index contributed by atoms with van der Waals surface area (Å²) in [6.45, 7) is 4.60. The summed E-state index contributed by atoms with van der Waals surface area (Å²) in [5.74, 6) is -0.0359. The smallest absolute Gasteiger partial charge is 0.220 e. The molecule has 1 fully saturated rings. The molecule has 9 nitrogen and oxygen atoms in total. The first-order valence-corrected chi connectivity index (χ1v) is 9.24. The highest BCUT2D eigenvalue weighted by Gasteiger charge is 2.36. The van der Waals surface area contributed by atoms with E-state index >= 15 is 0 Å². The zero-order chi connectivity index (χ0) is 19.2. The number of unbranched alkanes of at least 4 members (excludes halogenated alkanes) is 1. The van der Waals surface area contributed by atoms with Gasteiger partial charge in [0.05, 0.1) is 32.5 Å². The lowest BCUT2D eigenvalue weighted by Gasteiger charge is -2.36. The van der Waals surface area contributed by atoms with Crippen molar-refractivity contribution in [2.24, 2.45) is 0 Å². The fourth-order valence-electron chi connectivity index (χ4n) is 2.49. The number of carbonyl (C=O) groups is 1. The maximum Gasteiger partial charge on any atom is 0.220 e. The zero-order valence-electron chi connectivity index (χ0n) is 15.5. The second-order valence-electron chi connectivity index (χ2n) is 6.07. The number of hydrogen-bond donors (Lipinski definition) is 4. The Labute approximate surface area is 154 Å². The monoisotopic (exact) mass is 379 g/mol. The van der Waals surface area contributed by atoms with Crippen LogP contribution in [0.5, 0.6) is 0 Å². The van der Waals surface area contributed by atoms with E-state index in [2.05, 4.69) is 5.32 Å². The molecule has 1 amide bonds. The molecular formula is C17H33NO8. The van der Waals surface area contributed by atoms with Gasteiger partial charge in [-0.05, 0) is 19.8 Å². The van der Waals surface area contributed by atoms with E-state index in [0.717, 1.165) is 0 Å². The lowest BCUT2D eigenvalue weighted by Crippen LogP contribution is -2.50. The molecule has 1 saturated heterocycles. The van der Waals surface area contributed by atoms with Crippen molar-refractivity contribution in [2.75, 3.05) is 46.2 Å². The first-order chi connectivity index (χ1) is 12.6. The minimum absolute atomic E-state index is 0.0359. The average Bonchev–Trinajstić information content (AvgIpc) is 2.63. The van der Waals surface area contributed by atoms with Crippen LogP contribution >= 0.6 is 0 Å². The molecule has 26 heavy (non-hydrogen) atoms. The summed E-state index contributed by atoms with van der Waals surface area (Å²) in [6.07, 6.45) is -1.70. The normalized spacial score (nSPS) is 26.0. The van der Waals surface area contributed by atoms with Gasteiger partial charge in [-0.3, -0.25) is 4.79 Å². The van der Waals surface area contributed by atoms with Crippen LogP contribution in [0.25, 0.3) is 0 Å². The van der Waals surface area contributed by atoms with Gasteiger partial charge >= 0.3 is 0 Å². The Morgan fingerprint density at radius 2 is 1.92 bits per heavy atom. The summed E-state index contributed by atoms with van der Waals surface area (Å²) in [6, 6.07) is 0. The number of aliphatic hydroxyl groups is 3. The van der Waals surface area contributed by atoms with Crippen LogP contribution in [-0.4, -0.2) is 92.0 Å². The molecule has 4 atom stereocenters. The fraction of sp³-hybridized carbons (Fsp3) is 0.941. The lowest BCUT2D eigenvalue weighted by molar-refractivity contribution is -0.256. The molecule has 4 N–H and O–H groups in total. The van der Waals surface area contributed by atoms with Crippen LogP contribution in [0.1, 0.15) is 32.6 Å². The van der Waals surface area contributed by atoms with Gasteiger partial charge in [-0.15, -0.1) is 0 Å². The summed E-state index contributed by atoms with van der Waals surface area (Å²) < 4.78 is 21.3. The van der Waals surface area contributed by atoms with Crippen LogP contribution < -0.4 is 5.32 Å². The number of nitrogens with one attached hydrogen (secondary N) is 1. The molecule has 0 aliphatic carbocycles. The lowest BCUT2D eigenvalue weighted by atomic mass is 10.0. The quantitative estimate of drug-likeness (QED) is 0.288. The Balaban J connectivity index is 1.97. The summed E-state index contributed by atoms with van der Waals surface area (Å²) in [7, 11) is 0. The number of amides is 1. The summed E-state index contributed by atoms with van der Waals surface area (Å²) in [5.41, 5.74) is 0. The van der Waals surface area contributed by atoms with Crippen molar-refractivity contribution >= 4 is 5.91 Å². The maximum atomic E-state index is 11.7. The van der Waals surface area contributed by atoms with Crippen molar-refractivity contribution < 1.29 is 39.1 Å². The highest BCUT2D eigenvalue weighted by atomic mass is 16.7. The van der Waals surface area contributed by atoms with Gasteiger partial charge in [0.2, 0.25) is 5.91 Å². The molecule has 1 aliphatic heterocycles. The number of carbonyl (C=O) groups excluding carboxylic acids is 1. The Bertz CT molecular complexity index is 371. The summed E-state index contributed by atoms with van der Waals surface area (Å²) in [5, 5.41) is 31.2. The highest BCUT2D eigenvalue weighted by molar-refractivity contribution is 5.75. The van der Waals surface area contributed by atoms with Gasteiger partial charge < -0.3 is 39.6 Å². The fourth-order valence-corrected chi connectivity index (χ4v) is 2.49. The second kappa shape index (κ2) is 14.3. The molecule has 0 unspecified atom stereocenters. The van der Waals surface area contributed by atoms with Gasteiger partial charge in [-0.2, -0.15) is 0 Å². The van der Waals surface area contributed by atoms with Crippen molar-refractivity contribution in [3.63, 3.8) is 0 Å². The Hall–Kier alpha value is -0.810. The van der Waals surface area contributed by atoms with Crippen LogP contribution in [-0.2, 0) is 23.7 Å². The van der Waals surface area contributed by atoms with E-state index in [4.69, 9.17) is 24.1 Å². The first-order valence-electron chi connectivity index (χ1n) is 9.24. The third-order valence-corrected chi connectivity index (χ3v) is 3.96. The Morgan fingerprint density at radius 3 is 2.65 bits per heavy atom. The average molecular weight is 379 g/mol. The largest absolute Gasteiger partial charge is 0.394 e. The molecule has 0 saturated carbocycles. The molecule has 9 heteroatoms. The van der Waals surface area contributed by atoms with Crippen molar-refractivity contribution in [1.82, 2.24) is 5.32 Å². The molecular weight excluding hydrogens is 346 g/mol. The van der Waals surface area contributed by atoms with Crippen LogP contribution in [0, 0.1) is 0 Å².